The molecule has 1 radical (unpaired) electrons. The molecule has 0 fully saturated rings. The lowest BCUT2D eigenvalue weighted by atomic mass is 10.0. The highest BCUT2D eigenvalue weighted by molar-refractivity contribution is 5.31. The van der Waals surface area contributed by atoms with Crippen LogP contribution in [0.3, 0.4) is 0 Å². The minimum absolute atomic E-state index is 0.0679. The molecule has 1 unspecified atom stereocenters. The Morgan fingerprint density at radius 2 is 2.27 bits per heavy atom. The van der Waals surface area contributed by atoms with Gasteiger partial charge in [-0.2, -0.15) is 0 Å². The van der Waals surface area contributed by atoms with Crippen LogP contribution in [0.4, 0.5) is 0 Å². The Hall–Kier alpha value is -1.02. The molecule has 1 N–H and O–H groups in total. The maximum Gasteiger partial charge on any atom is 0.119 e. The zero-order valence-corrected chi connectivity index (χ0v) is 9.28. The first kappa shape index (κ1) is 12.1. The Morgan fingerprint density at radius 1 is 1.47 bits per heavy atom. The monoisotopic (exact) mass is 207 g/mol. The summed E-state index contributed by atoms with van der Waals surface area (Å²) >= 11 is 0. The second-order valence-electron chi connectivity index (χ2n) is 3.65. The van der Waals surface area contributed by atoms with Crippen molar-refractivity contribution in [1.29, 1.82) is 0 Å². The van der Waals surface area contributed by atoms with E-state index in [-0.39, 0.29) is 12.5 Å². The van der Waals surface area contributed by atoms with Crippen molar-refractivity contribution in [3.63, 3.8) is 0 Å². The summed E-state index contributed by atoms with van der Waals surface area (Å²) < 4.78 is 5.57. The van der Waals surface area contributed by atoms with E-state index in [4.69, 9.17) is 9.84 Å². The van der Waals surface area contributed by atoms with Gasteiger partial charge in [-0.05, 0) is 31.0 Å². The molecule has 1 aromatic rings. The Labute approximate surface area is 91.9 Å². The van der Waals surface area contributed by atoms with Crippen LogP contribution in [0, 0.1) is 6.92 Å². The summed E-state index contributed by atoms with van der Waals surface area (Å²) in [4.78, 5) is 0. The fraction of sp³-hybridized carbons (Fsp3) is 0.462. The predicted molar refractivity (Wildman–Crippen MR) is 62.0 cm³/mol. The molecule has 0 saturated heterocycles. The van der Waals surface area contributed by atoms with Gasteiger partial charge in [0.05, 0.1) is 6.61 Å². The normalized spacial score (nSPS) is 12.5. The van der Waals surface area contributed by atoms with Gasteiger partial charge in [-0.1, -0.05) is 25.5 Å². The molecule has 0 amide bonds. The number of aliphatic hydroxyl groups is 1. The van der Waals surface area contributed by atoms with Crippen LogP contribution in [-0.2, 0) is 0 Å². The Morgan fingerprint density at radius 3 is 2.93 bits per heavy atom. The van der Waals surface area contributed by atoms with Gasteiger partial charge >= 0.3 is 0 Å². The van der Waals surface area contributed by atoms with E-state index in [1.54, 1.807) is 0 Å². The molecule has 0 aliphatic heterocycles. The quantitative estimate of drug-likeness (QED) is 0.727. The number of hydrogen-bond donors (Lipinski definition) is 1. The van der Waals surface area contributed by atoms with E-state index in [2.05, 4.69) is 13.8 Å². The third-order valence-corrected chi connectivity index (χ3v) is 2.32. The van der Waals surface area contributed by atoms with E-state index in [0.717, 1.165) is 30.8 Å². The molecule has 0 heterocycles. The van der Waals surface area contributed by atoms with Gasteiger partial charge in [0.15, 0.2) is 0 Å². The average Bonchev–Trinajstić information content (AvgIpc) is 2.29. The van der Waals surface area contributed by atoms with Crippen molar-refractivity contribution in [1.82, 2.24) is 0 Å². The maximum absolute atomic E-state index is 8.99. The van der Waals surface area contributed by atoms with Gasteiger partial charge in [0.1, 0.15) is 5.75 Å². The molecule has 2 heteroatoms. The Balaban J connectivity index is 2.57. The van der Waals surface area contributed by atoms with Crippen LogP contribution in [0.15, 0.2) is 24.3 Å². The van der Waals surface area contributed by atoms with Gasteiger partial charge in [-0.3, -0.25) is 0 Å². The first-order valence-corrected chi connectivity index (χ1v) is 5.44. The van der Waals surface area contributed by atoms with Crippen LogP contribution in [0.1, 0.15) is 31.2 Å². The fourth-order valence-electron chi connectivity index (χ4n) is 1.30. The van der Waals surface area contributed by atoms with Crippen molar-refractivity contribution in [2.24, 2.45) is 0 Å². The third-order valence-electron chi connectivity index (χ3n) is 2.32. The summed E-state index contributed by atoms with van der Waals surface area (Å²) in [6, 6.07) is 7.78. The molecule has 0 saturated carbocycles. The van der Waals surface area contributed by atoms with Crippen molar-refractivity contribution in [3.8, 4) is 5.75 Å². The van der Waals surface area contributed by atoms with Crippen LogP contribution >= 0.6 is 0 Å². The molecule has 2 nitrogen and oxygen atoms in total. The molecule has 0 aliphatic rings. The van der Waals surface area contributed by atoms with Crippen LogP contribution < -0.4 is 4.74 Å². The smallest absolute Gasteiger partial charge is 0.119 e. The molecule has 0 aromatic heterocycles. The van der Waals surface area contributed by atoms with Crippen molar-refractivity contribution >= 4 is 0 Å². The van der Waals surface area contributed by atoms with E-state index in [0.29, 0.717) is 0 Å². The standard InChI is InChI=1S/C13H19O2/c1-3-4-8-15-13-7-5-6-12(9-13)11(2)10-14/h5-7,9,11,14H,2-4,8,10H2,1H3. The first-order valence-electron chi connectivity index (χ1n) is 5.44. The van der Waals surface area contributed by atoms with E-state index < -0.39 is 0 Å². The highest BCUT2D eigenvalue weighted by Gasteiger charge is 2.04. The minimum atomic E-state index is -0.0697. The van der Waals surface area contributed by atoms with E-state index in [9.17, 15) is 0 Å². The number of rotatable bonds is 6. The summed E-state index contributed by atoms with van der Waals surface area (Å²) in [6.45, 7) is 6.81. The fourth-order valence-corrected chi connectivity index (χ4v) is 1.30. The molecule has 0 spiro atoms. The lowest BCUT2D eigenvalue weighted by Crippen LogP contribution is -2.01. The summed E-state index contributed by atoms with van der Waals surface area (Å²) in [7, 11) is 0. The van der Waals surface area contributed by atoms with E-state index in [1.807, 2.05) is 24.3 Å². The van der Waals surface area contributed by atoms with Gasteiger partial charge in [0.2, 0.25) is 0 Å². The zero-order chi connectivity index (χ0) is 11.1. The summed E-state index contributed by atoms with van der Waals surface area (Å²) in [5.41, 5.74) is 1.02. The Bertz CT molecular complexity index is 284. The lowest BCUT2D eigenvalue weighted by Gasteiger charge is -2.10. The number of aliphatic hydroxyl groups excluding tert-OH is 1. The van der Waals surface area contributed by atoms with Gasteiger partial charge < -0.3 is 9.84 Å². The van der Waals surface area contributed by atoms with Gasteiger partial charge in [0, 0.05) is 12.5 Å². The third kappa shape index (κ3) is 3.92. The Kier molecular flexibility index (Phi) is 5.19. The number of ether oxygens (including phenoxy) is 1. The van der Waals surface area contributed by atoms with Crippen LogP contribution in [0.5, 0.6) is 5.75 Å². The van der Waals surface area contributed by atoms with E-state index >= 15 is 0 Å². The van der Waals surface area contributed by atoms with Gasteiger partial charge in [-0.25, -0.2) is 0 Å². The molecule has 83 valence electrons. The largest absolute Gasteiger partial charge is 0.494 e. The van der Waals surface area contributed by atoms with Crippen molar-refractivity contribution < 1.29 is 9.84 Å². The van der Waals surface area contributed by atoms with Crippen LogP contribution in [0.2, 0.25) is 0 Å². The summed E-state index contributed by atoms with van der Waals surface area (Å²) in [6.07, 6.45) is 2.20. The minimum Gasteiger partial charge on any atom is -0.494 e. The molecule has 1 aromatic carbocycles. The SMILES string of the molecule is [CH2]C(CO)c1cccc(OCCCC)c1. The van der Waals surface area contributed by atoms with Gasteiger partial charge in [0.25, 0.3) is 0 Å². The zero-order valence-electron chi connectivity index (χ0n) is 9.28. The predicted octanol–water partition coefficient (Wildman–Crippen LogP) is 2.78. The number of hydrogen-bond acceptors (Lipinski definition) is 2. The van der Waals surface area contributed by atoms with Gasteiger partial charge in [-0.15, -0.1) is 0 Å². The average molecular weight is 207 g/mol. The highest BCUT2D eigenvalue weighted by atomic mass is 16.5. The second kappa shape index (κ2) is 6.46. The van der Waals surface area contributed by atoms with Crippen molar-refractivity contribution in [3.05, 3.63) is 36.8 Å². The lowest BCUT2D eigenvalue weighted by molar-refractivity contribution is 0.281. The molecule has 1 atom stereocenters. The highest BCUT2D eigenvalue weighted by Crippen LogP contribution is 2.20. The first-order chi connectivity index (χ1) is 7.27. The number of benzene rings is 1. The molecule has 0 bridgehead atoms. The van der Waals surface area contributed by atoms with Crippen molar-refractivity contribution in [2.45, 2.75) is 25.7 Å². The maximum atomic E-state index is 8.99. The van der Waals surface area contributed by atoms with Crippen LogP contribution in [0.25, 0.3) is 0 Å². The van der Waals surface area contributed by atoms with Crippen LogP contribution in [-0.4, -0.2) is 18.3 Å². The second-order valence-corrected chi connectivity index (χ2v) is 3.65. The topological polar surface area (TPSA) is 29.5 Å². The molecule has 0 aliphatic carbocycles. The number of unbranched alkanes of at least 4 members (excludes halogenated alkanes) is 1. The molecule has 1 rings (SSSR count). The van der Waals surface area contributed by atoms with Crippen molar-refractivity contribution in [2.75, 3.05) is 13.2 Å². The molecule has 15 heavy (non-hydrogen) atoms. The van der Waals surface area contributed by atoms with E-state index in [1.165, 1.54) is 0 Å². The molecular weight excluding hydrogens is 188 g/mol. The summed E-state index contributed by atoms with van der Waals surface area (Å²) in [5, 5.41) is 8.99. The molecular formula is C13H19O2. The summed E-state index contributed by atoms with van der Waals surface area (Å²) in [5.74, 6) is 0.794.